The lowest BCUT2D eigenvalue weighted by Gasteiger charge is -2.11. The maximum Gasteiger partial charge on any atom is 0.291 e. The Labute approximate surface area is 193 Å². The molecule has 0 aliphatic rings. The van der Waals surface area contributed by atoms with Gasteiger partial charge < -0.3 is 10.1 Å². The number of hydrogen-bond donors (Lipinski definition) is 3. The molecule has 10 nitrogen and oxygen atoms in total. The second-order valence-electron chi connectivity index (χ2n) is 6.21. The van der Waals surface area contributed by atoms with Crippen LogP contribution in [0.15, 0.2) is 52.9 Å². The SMILES string of the molecule is COCCNC(=O)c1ccccc1NS(=O)(=O)c1nnc(NC(=O)c2ccccc2Cl)s1. The zero-order chi connectivity index (χ0) is 23.1. The van der Waals surface area contributed by atoms with Crippen molar-refractivity contribution in [2.24, 2.45) is 0 Å². The van der Waals surface area contributed by atoms with Crippen LogP contribution in [-0.2, 0) is 14.8 Å². The second kappa shape index (κ2) is 10.5. The van der Waals surface area contributed by atoms with E-state index in [4.69, 9.17) is 16.3 Å². The van der Waals surface area contributed by atoms with Crippen LogP contribution in [0.4, 0.5) is 10.8 Å². The van der Waals surface area contributed by atoms with Gasteiger partial charge in [0.15, 0.2) is 0 Å². The van der Waals surface area contributed by atoms with Crippen LogP contribution in [0.25, 0.3) is 0 Å². The van der Waals surface area contributed by atoms with Crippen molar-refractivity contribution in [1.82, 2.24) is 15.5 Å². The third-order valence-corrected chi connectivity index (χ3v) is 6.88. The molecule has 0 aliphatic carbocycles. The number of nitrogens with zero attached hydrogens (tertiary/aromatic N) is 2. The number of anilines is 2. The van der Waals surface area contributed by atoms with Crippen molar-refractivity contribution in [2.45, 2.75) is 4.34 Å². The van der Waals surface area contributed by atoms with Gasteiger partial charge in [0.05, 0.1) is 28.4 Å². The van der Waals surface area contributed by atoms with Crippen molar-refractivity contribution in [3.05, 3.63) is 64.7 Å². The van der Waals surface area contributed by atoms with Gasteiger partial charge in [-0.05, 0) is 24.3 Å². The number of halogens is 1. The van der Waals surface area contributed by atoms with E-state index in [1.807, 2.05) is 0 Å². The first-order valence-corrected chi connectivity index (χ1v) is 11.8. The van der Waals surface area contributed by atoms with E-state index in [0.29, 0.717) is 17.9 Å². The summed E-state index contributed by atoms with van der Waals surface area (Å²) in [6.45, 7) is 0.578. The topological polar surface area (TPSA) is 139 Å². The first-order valence-electron chi connectivity index (χ1n) is 9.10. The van der Waals surface area contributed by atoms with Gasteiger partial charge in [0.1, 0.15) is 0 Å². The summed E-state index contributed by atoms with van der Waals surface area (Å²) in [5.41, 5.74) is 0.406. The van der Waals surface area contributed by atoms with E-state index >= 15 is 0 Å². The van der Waals surface area contributed by atoms with Crippen molar-refractivity contribution in [3.8, 4) is 0 Å². The van der Waals surface area contributed by atoms with E-state index in [-0.39, 0.29) is 37.9 Å². The van der Waals surface area contributed by atoms with E-state index < -0.39 is 21.8 Å². The summed E-state index contributed by atoms with van der Waals surface area (Å²) >= 11 is 6.65. The zero-order valence-corrected chi connectivity index (χ0v) is 19.1. The molecule has 1 aromatic heterocycles. The molecule has 13 heteroatoms. The van der Waals surface area contributed by atoms with Crippen molar-refractivity contribution < 1.29 is 22.7 Å². The van der Waals surface area contributed by atoms with Gasteiger partial charge in [0, 0.05) is 13.7 Å². The molecule has 2 amide bonds. The van der Waals surface area contributed by atoms with Crippen LogP contribution in [0.3, 0.4) is 0 Å². The lowest BCUT2D eigenvalue weighted by Crippen LogP contribution is -2.28. The Morgan fingerprint density at radius 3 is 2.44 bits per heavy atom. The molecule has 0 radical (unpaired) electrons. The number of para-hydroxylation sites is 1. The van der Waals surface area contributed by atoms with Crippen molar-refractivity contribution >= 4 is 55.6 Å². The van der Waals surface area contributed by atoms with Gasteiger partial charge in [-0.2, -0.15) is 8.42 Å². The molecule has 0 saturated carbocycles. The molecule has 0 atom stereocenters. The summed E-state index contributed by atoms with van der Waals surface area (Å²) in [6, 6.07) is 12.5. The predicted molar refractivity (Wildman–Crippen MR) is 121 cm³/mol. The maximum absolute atomic E-state index is 12.8. The largest absolute Gasteiger partial charge is 0.383 e. The molecule has 0 unspecified atom stereocenters. The Morgan fingerprint density at radius 1 is 1.03 bits per heavy atom. The Balaban J connectivity index is 1.75. The van der Waals surface area contributed by atoms with Gasteiger partial charge >= 0.3 is 0 Å². The molecule has 2 aromatic carbocycles. The number of carbonyl (C=O) groups excluding carboxylic acids is 2. The average Bonchev–Trinajstić information content (AvgIpc) is 3.24. The maximum atomic E-state index is 12.8. The highest BCUT2D eigenvalue weighted by Crippen LogP contribution is 2.25. The zero-order valence-electron chi connectivity index (χ0n) is 16.7. The van der Waals surface area contributed by atoms with Gasteiger partial charge in [-0.3, -0.25) is 19.6 Å². The van der Waals surface area contributed by atoms with Crippen LogP contribution in [-0.4, -0.2) is 50.7 Å². The summed E-state index contributed by atoms with van der Waals surface area (Å²) in [5.74, 6) is -1.02. The standard InChI is InChI=1S/C19H18ClN5O5S2/c1-30-11-10-21-16(26)13-7-3-5-9-15(13)25-32(28,29)19-24-23-18(31-19)22-17(27)12-6-2-4-8-14(12)20/h2-9,25H,10-11H2,1H3,(H,21,26)(H,22,23,27). The second-order valence-corrected chi connectivity index (χ2v) is 9.45. The number of carbonyl (C=O) groups is 2. The number of aromatic nitrogens is 2. The molecule has 0 aliphatic heterocycles. The van der Waals surface area contributed by atoms with Gasteiger partial charge in [0.25, 0.3) is 26.2 Å². The first kappa shape index (κ1) is 23.6. The van der Waals surface area contributed by atoms with E-state index in [1.165, 1.54) is 25.3 Å². The van der Waals surface area contributed by atoms with Crippen LogP contribution in [0.1, 0.15) is 20.7 Å². The normalized spacial score (nSPS) is 11.1. The summed E-state index contributed by atoms with van der Waals surface area (Å²) in [6.07, 6.45) is 0. The minimum atomic E-state index is -4.17. The van der Waals surface area contributed by atoms with Crippen molar-refractivity contribution in [3.63, 3.8) is 0 Å². The summed E-state index contributed by atoms with van der Waals surface area (Å²) in [4.78, 5) is 24.7. The van der Waals surface area contributed by atoms with Crippen LogP contribution >= 0.6 is 22.9 Å². The summed E-state index contributed by atoms with van der Waals surface area (Å²) in [7, 11) is -2.67. The van der Waals surface area contributed by atoms with Gasteiger partial charge in [-0.25, -0.2) is 0 Å². The number of rotatable bonds is 9. The third-order valence-electron chi connectivity index (χ3n) is 3.98. The molecule has 3 rings (SSSR count). The number of benzene rings is 2. The third kappa shape index (κ3) is 5.79. The average molecular weight is 496 g/mol. The molecule has 0 bridgehead atoms. The lowest BCUT2D eigenvalue weighted by molar-refractivity contribution is 0.0937. The van der Waals surface area contributed by atoms with Crippen molar-refractivity contribution in [2.75, 3.05) is 30.3 Å². The van der Waals surface area contributed by atoms with E-state index in [1.54, 1.807) is 30.3 Å². The molecule has 0 spiro atoms. The van der Waals surface area contributed by atoms with E-state index in [0.717, 1.165) is 0 Å². The van der Waals surface area contributed by atoms with Gasteiger partial charge in [0.2, 0.25) is 5.13 Å². The van der Waals surface area contributed by atoms with Crippen LogP contribution in [0.2, 0.25) is 5.02 Å². The van der Waals surface area contributed by atoms with Crippen LogP contribution < -0.4 is 15.4 Å². The van der Waals surface area contributed by atoms with Gasteiger partial charge in [-0.15, -0.1) is 10.2 Å². The number of hydrogen-bond acceptors (Lipinski definition) is 8. The van der Waals surface area contributed by atoms with Crippen LogP contribution in [0, 0.1) is 0 Å². The quantitative estimate of drug-likeness (QED) is 0.306. The highest BCUT2D eigenvalue weighted by atomic mass is 35.5. The number of sulfonamides is 1. The summed E-state index contributed by atoms with van der Waals surface area (Å²) in [5, 5.41) is 12.7. The highest BCUT2D eigenvalue weighted by Gasteiger charge is 2.24. The summed E-state index contributed by atoms with van der Waals surface area (Å²) < 4.78 is 32.4. The first-order chi connectivity index (χ1) is 15.3. The number of amides is 2. The number of methoxy groups -OCH3 is 1. The van der Waals surface area contributed by atoms with Gasteiger partial charge in [-0.1, -0.05) is 47.2 Å². The molecule has 3 N–H and O–H groups in total. The minimum absolute atomic E-state index is 0.0270. The lowest BCUT2D eigenvalue weighted by atomic mass is 10.2. The number of ether oxygens (including phenoxy) is 1. The Kier molecular flexibility index (Phi) is 7.75. The molecule has 0 saturated heterocycles. The molecule has 0 fully saturated rings. The monoisotopic (exact) mass is 495 g/mol. The van der Waals surface area contributed by atoms with Crippen LogP contribution in [0.5, 0.6) is 0 Å². The fraction of sp³-hybridized carbons (Fsp3) is 0.158. The predicted octanol–water partition coefficient (Wildman–Crippen LogP) is 2.62. The molecule has 32 heavy (non-hydrogen) atoms. The fourth-order valence-electron chi connectivity index (χ4n) is 2.50. The molecule has 1 heterocycles. The minimum Gasteiger partial charge on any atom is -0.383 e. The molecule has 3 aromatic rings. The molecule has 168 valence electrons. The van der Waals surface area contributed by atoms with Crippen molar-refractivity contribution in [1.29, 1.82) is 0 Å². The Bertz CT molecular complexity index is 1230. The smallest absolute Gasteiger partial charge is 0.291 e. The highest BCUT2D eigenvalue weighted by molar-refractivity contribution is 7.94. The molecular formula is C19H18ClN5O5S2. The molecular weight excluding hydrogens is 478 g/mol. The Morgan fingerprint density at radius 2 is 1.72 bits per heavy atom. The Hall–Kier alpha value is -3.06. The fourth-order valence-corrected chi connectivity index (χ4v) is 4.70. The van der Waals surface area contributed by atoms with E-state index in [2.05, 4.69) is 25.6 Å². The number of nitrogens with one attached hydrogen (secondary N) is 3. The van der Waals surface area contributed by atoms with E-state index in [9.17, 15) is 18.0 Å².